The Kier molecular flexibility index (Phi) is 2.72. The number of halogens is 3. The summed E-state index contributed by atoms with van der Waals surface area (Å²) in [4.78, 5) is 0. The van der Waals surface area contributed by atoms with Crippen molar-refractivity contribution >= 4 is 0 Å². The molecule has 0 saturated carbocycles. The lowest BCUT2D eigenvalue weighted by Crippen LogP contribution is -2.10. The van der Waals surface area contributed by atoms with Crippen molar-refractivity contribution in [2.45, 2.75) is 6.04 Å². The summed E-state index contributed by atoms with van der Waals surface area (Å²) in [5.74, 6) is -3.99. The molecule has 0 aromatic heterocycles. The third-order valence-electron chi connectivity index (χ3n) is 1.68. The van der Waals surface area contributed by atoms with Crippen molar-refractivity contribution in [2.24, 2.45) is 5.73 Å². The van der Waals surface area contributed by atoms with Gasteiger partial charge in [0.05, 0.1) is 6.04 Å². The van der Waals surface area contributed by atoms with Crippen LogP contribution < -0.4 is 5.73 Å². The topological polar surface area (TPSA) is 26.0 Å². The van der Waals surface area contributed by atoms with Crippen LogP contribution in [0.1, 0.15) is 11.6 Å². The first-order valence-corrected chi connectivity index (χ1v) is 3.59. The van der Waals surface area contributed by atoms with Crippen molar-refractivity contribution < 1.29 is 13.2 Å². The highest BCUT2D eigenvalue weighted by Crippen LogP contribution is 2.20. The van der Waals surface area contributed by atoms with Crippen molar-refractivity contribution in [2.75, 3.05) is 0 Å². The van der Waals surface area contributed by atoms with Crippen molar-refractivity contribution in [1.29, 1.82) is 0 Å². The second-order valence-electron chi connectivity index (χ2n) is 2.53. The van der Waals surface area contributed by atoms with Crippen LogP contribution in [-0.2, 0) is 0 Å². The summed E-state index contributed by atoms with van der Waals surface area (Å²) in [6.45, 7) is 3.32. The minimum Gasteiger partial charge on any atom is -0.321 e. The number of hydrogen-bond acceptors (Lipinski definition) is 1. The molecule has 0 fully saturated rings. The van der Waals surface area contributed by atoms with Gasteiger partial charge in [-0.1, -0.05) is 12.1 Å². The van der Waals surface area contributed by atoms with E-state index in [1.807, 2.05) is 0 Å². The molecular weight excluding hydrogens is 179 g/mol. The molecule has 1 atom stereocenters. The highest BCUT2D eigenvalue weighted by atomic mass is 19.2. The maximum absolute atomic E-state index is 13.0. The molecular formula is C9H8F3N. The fourth-order valence-corrected chi connectivity index (χ4v) is 0.925. The minimum atomic E-state index is -1.50. The first kappa shape index (κ1) is 9.80. The molecule has 0 bridgehead atoms. The zero-order valence-electron chi connectivity index (χ0n) is 6.73. The normalized spacial score (nSPS) is 12.6. The molecule has 70 valence electrons. The molecule has 2 N–H and O–H groups in total. The molecule has 0 aliphatic heterocycles. The van der Waals surface area contributed by atoms with E-state index in [1.165, 1.54) is 6.08 Å². The molecule has 0 radical (unpaired) electrons. The van der Waals surface area contributed by atoms with Gasteiger partial charge >= 0.3 is 0 Å². The lowest BCUT2D eigenvalue weighted by molar-refractivity contribution is 0.439. The summed E-state index contributed by atoms with van der Waals surface area (Å²) in [5.41, 5.74) is 5.26. The first-order valence-electron chi connectivity index (χ1n) is 3.59. The molecule has 1 unspecified atom stereocenters. The summed E-state index contributed by atoms with van der Waals surface area (Å²) in [6, 6.07) is 1.10. The van der Waals surface area contributed by atoms with Crippen molar-refractivity contribution in [3.05, 3.63) is 47.8 Å². The highest BCUT2D eigenvalue weighted by Gasteiger charge is 2.15. The SMILES string of the molecule is C=CC(N)c1ccc(F)c(F)c1F. The quantitative estimate of drug-likeness (QED) is 0.558. The van der Waals surface area contributed by atoms with Gasteiger partial charge in [0.15, 0.2) is 17.5 Å². The standard InChI is InChI=1S/C9H8F3N/c1-2-7(13)5-3-4-6(10)9(12)8(5)11/h2-4,7H,1,13H2. The third kappa shape index (κ3) is 1.72. The van der Waals surface area contributed by atoms with Crippen LogP contribution in [0, 0.1) is 17.5 Å². The molecule has 1 rings (SSSR count). The number of benzene rings is 1. The van der Waals surface area contributed by atoms with Gasteiger partial charge in [0.25, 0.3) is 0 Å². The zero-order chi connectivity index (χ0) is 10.0. The monoisotopic (exact) mass is 187 g/mol. The average molecular weight is 187 g/mol. The fraction of sp³-hybridized carbons (Fsp3) is 0.111. The van der Waals surface area contributed by atoms with Gasteiger partial charge in [0, 0.05) is 5.56 Å². The molecule has 1 aromatic rings. The second kappa shape index (κ2) is 3.62. The van der Waals surface area contributed by atoms with Gasteiger partial charge in [-0.15, -0.1) is 6.58 Å². The van der Waals surface area contributed by atoms with E-state index in [0.717, 1.165) is 12.1 Å². The molecule has 4 heteroatoms. The Morgan fingerprint density at radius 3 is 2.38 bits per heavy atom. The Hall–Kier alpha value is -1.29. The van der Waals surface area contributed by atoms with E-state index >= 15 is 0 Å². The van der Waals surface area contributed by atoms with Gasteiger partial charge in [0.1, 0.15) is 0 Å². The molecule has 0 heterocycles. The predicted octanol–water partition coefficient (Wildman–Crippen LogP) is 2.29. The molecule has 1 nitrogen and oxygen atoms in total. The van der Waals surface area contributed by atoms with E-state index in [9.17, 15) is 13.2 Å². The highest BCUT2D eigenvalue weighted by molar-refractivity contribution is 5.25. The number of rotatable bonds is 2. The largest absolute Gasteiger partial charge is 0.321 e. The molecule has 0 amide bonds. The molecule has 13 heavy (non-hydrogen) atoms. The van der Waals surface area contributed by atoms with E-state index in [0.29, 0.717) is 0 Å². The molecule has 0 saturated heterocycles. The van der Waals surface area contributed by atoms with E-state index in [-0.39, 0.29) is 5.56 Å². The second-order valence-corrected chi connectivity index (χ2v) is 2.53. The molecule has 0 aliphatic carbocycles. The Morgan fingerprint density at radius 1 is 1.23 bits per heavy atom. The van der Waals surface area contributed by atoms with Crippen molar-refractivity contribution in [3.63, 3.8) is 0 Å². The summed E-state index contributed by atoms with van der Waals surface area (Å²) in [7, 11) is 0. The van der Waals surface area contributed by atoms with Gasteiger partial charge in [-0.2, -0.15) is 0 Å². The minimum absolute atomic E-state index is 0.103. The van der Waals surface area contributed by atoms with Crippen LogP contribution in [0.3, 0.4) is 0 Å². The van der Waals surface area contributed by atoms with Gasteiger partial charge in [-0.25, -0.2) is 13.2 Å². The number of nitrogens with two attached hydrogens (primary N) is 1. The predicted molar refractivity (Wildman–Crippen MR) is 43.4 cm³/mol. The lowest BCUT2D eigenvalue weighted by Gasteiger charge is -2.08. The average Bonchev–Trinajstić information content (AvgIpc) is 2.13. The number of hydrogen-bond donors (Lipinski definition) is 1. The smallest absolute Gasteiger partial charge is 0.194 e. The van der Waals surface area contributed by atoms with E-state index in [1.54, 1.807) is 0 Å². The Balaban J connectivity index is 3.25. The maximum atomic E-state index is 13.0. The van der Waals surface area contributed by atoms with Crippen LogP contribution in [0.15, 0.2) is 24.8 Å². The lowest BCUT2D eigenvalue weighted by atomic mass is 10.1. The summed E-state index contributed by atoms with van der Waals surface area (Å²) >= 11 is 0. The van der Waals surface area contributed by atoms with E-state index in [2.05, 4.69) is 6.58 Å². The van der Waals surface area contributed by atoms with Crippen LogP contribution >= 0.6 is 0 Å². The van der Waals surface area contributed by atoms with E-state index < -0.39 is 23.5 Å². The van der Waals surface area contributed by atoms with Crippen LogP contribution in [0.5, 0.6) is 0 Å². The van der Waals surface area contributed by atoms with Crippen LogP contribution in [0.25, 0.3) is 0 Å². The zero-order valence-corrected chi connectivity index (χ0v) is 6.73. The van der Waals surface area contributed by atoms with Crippen LogP contribution in [0.4, 0.5) is 13.2 Å². The summed E-state index contributed by atoms with van der Waals surface area (Å²) < 4.78 is 38.1. The van der Waals surface area contributed by atoms with Crippen LogP contribution in [0.2, 0.25) is 0 Å². The summed E-state index contributed by atoms with van der Waals surface area (Å²) in [5, 5.41) is 0. The van der Waals surface area contributed by atoms with Crippen LogP contribution in [-0.4, -0.2) is 0 Å². The maximum Gasteiger partial charge on any atom is 0.194 e. The molecule has 0 aliphatic rings. The Morgan fingerprint density at radius 2 is 1.85 bits per heavy atom. The van der Waals surface area contributed by atoms with Gasteiger partial charge in [0.2, 0.25) is 0 Å². The Bertz CT molecular complexity index is 336. The van der Waals surface area contributed by atoms with Crippen molar-refractivity contribution in [3.8, 4) is 0 Å². The fourth-order valence-electron chi connectivity index (χ4n) is 0.925. The van der Waals surface area contributed by atoms with Gasteiger partial charge < -0.3 is 5.73 Å². The Labute approximate surface area is 73.7 Å². The molecule has 1 aromatic carbocycles. The third-order valence-corrected chi connectivity index (χ3v) is 1.68. The van der Waals surface area contributed by atoms with Crippen molar-refractivity contribution in [1.82, 2.24) is 0 Å². The first-order chi connectivity index (χ1) is 6.07. The van der Waals surface area contributed by atoms with Gasteiger partial charge in [-0.3, -0.25) is 0 Å². The molecule has 0 spiro atoms. The van der Waals surface area contributed by atoms with Gasteiger partial charge in [-0.05, 0) is 6.07 Å². The summed E-state index contributed by atoms with van der Waals surface area (Å²) in [6.07, 6.45) is 1.25. The van der Waals surface area contributed by atoms with E-state index in [4.69, 9.17) is 5.73 Å².